The van der Waals surface area contributed by atoms with Crippen molar-refractivity contribution in [3.8, 4) is 0 Å². The molecule has 0 radical (unpaired) electrons. The van der Waals surface area contributed by atoms with E-state index in [-0.39, 0.29) is 18.1 Å². The van der Waals surface area contributed by atoms with Crippen LogP contribution in [-0.4, -0.2) is 40.9 Å². The van der Waals surface area contributed by atoms with Crippen LogP contribution in [0.5, 0.6) is 0 Å². The van der Waals surface area contributed by atoms with Gasteiger partial charge in [-0.3, -0.25) is 4.79 Å². The first-order valence-corrected chi connectivity index (χ1v) is 7.26. The maximum Gasteiger partial charge on any atom is 0.248 e. The molecule has 0 aliphatic heterocycles. The van der Waals surface area contributed by atoms with E-state index in [9.17, 15) is 4.79 Å². The van der Waals surface area contributed by atoms with Crippen LogP contribution in [0.1, 0.15) is 46.5 Å². The largest absolute Gasteiger partial charge is 0.366 e. The summed E-state index contributed by atoms with van der Waals surface area (Å²) in [7, 11) is 1.89. The van der Waals surface area contributed by atoms with Gasteiger partial charge < -0.3 is 9.64 Å². The summed E-state index contributed by atoms with van der Waals surface area (Å²) in [5, 5.41) is 0. The first-order valence-electron chi connectivity index (χ1n) is 6.35. The summed E-state index contributed by atoms with van der Waals surface area (Å²) >= 11 is 3.68. The molecular formula is C13H24BrNO2. The maximum absolute atomic E-state index is 12.0. The Morgan fingerprint density at radius 3 is 2.47 bits per heavy atom. The quantitative estimate of drug-likeness (QED) is 0.750. The second-order valence-corrected chi connectivity index (χ2v) is 6.95. The highest BCUT2D eigenvalue weighted by Gasteiger charge is 2.29. The fourth-order valence-corrected chi connectivity index (χ4v) is 3.01. The van der Waals surface area contributed by atoms with Crippen LogP contribution in [0.3, 0.4) is 0 Å². The fourth-order valence-electron chi connectivity index (χ4n) is 2.07. The van der Waals surface area contributed by atoms with E-state index in [0.717, 1.165) is 12.8 Å². The van der Waals surface area contributed by atoms with Crippen LogP contribution >= 0.6 is 15.9 Å². The van der Waals surface area contributed by atoms with Gasteiger partial charge in [-0.05, 0) is 33.6 Å². The topological polar surface area (TPSA) is 29.5 Å². The highest BCUT2D eigenvalue weighted by Crippen LogP contribution is 2.28. The molecule has 1 saturated carbocycles. The molecule has 0 saturated heterocycles. The van der Waals surface area contributed by atoms with Crippen LogP contribution in [0.15, 0.2) is 0 Å². The molecule has 0 aromatic heterocycles. The van der Waals surface area contributed by atoms with Crippen LogP contribution in [-0.2, 0) is 9.53 Å². The minimum atomic E-state index is -0.253. The van der Waals surface area contributed by atoms with Gasteiger partial charge in [0.1, 0.15) is 6.61 Å². The Labute approximate surface area is 113 Å². The highest BCUT2D eigenvalue weighted by atomic mass is 79.9. The molecule has 0 aromatic carbocycles. The highest BCUT2D eigenvalue weighted by molar-refractivity contribution is 9.09. The number of alkyl halides is 1. The van der Waals surface area contributed by atoms with Gasteiger partial charge in [-0.2, -0.15) is 0 Å². The van der Waals surface area contributed by atoms with E-state index in [2.05, 4.69) is 15.9 Å². The van der Waals surface area contributed by atoms with Gasteiger partial charge in [0.25, 0.3) is 0 Å². The summed E-state index contributed by atoms with van der Waals surface area (Å²) in [6, 6.07) is 0.319. The fraction of sp³-hybridized carbons (Fsp3) is 0.923. The van der Waals surface area contributed by atoms with Crippen molar-refractivity contribution in [1.82, 2.24) is 4.90 Å². The molecule has 1 amide bonds. The number of ether oxygens (including phenoxy) is 1. The second kappa shape index (κ2) is 6.19. The normalized spacial score (nSPS) is 25.7. The standard InChI is InChI=1S/C13H24BrNO2/c1-13(2,3)17-9-12(16)15(4)11-8-6-5-7-10(11)14/h10-11H,5-9H2,1-4H3. The zero-order chi connectivity index (χ0) is 13.1. The van der Waals surface area contributed by atoms with Crippen molar-refractivity contribution in [2.45, 2.75) is 62.9 Å². The number of nitrogens with zero attached hydrogens (tertiary/aromatic N) is 1. The SMILES string of the molecule is CN(C(=O)COC(C)(C)C)C1CCCCC1Br. The van der Waals surface area contributed by atoms with Gasteiger partial charge in [-0.1, -0.05) is 28.8 Å². The smallest absolute Gasteiger partial charge is 0.248 e. The molecule has 1 aliphatic carbocycles. The zero-order valence-electron chi connectivity index (χ0n) is 11.3. The third-order valence-electron chi connectivity index (χ3n) is 3.17. The molecule has 0 aromatic rings. The van der Waals surface area contributed by atoms with E-state index in [1.165, 1.54) is 12.8 Å². The van der Waals surface area contributed by atoms with Gasteiger partial charge in [0, 0.05) is 17.9 Å². The first kappa shape index (κ1) is 15.0. The minimum Gasteiger partial charge on any atom is -0.366 e. The molecular weight excluding hydrogens is 282 g/mol. The van der Waals surface area contributed by atoms with Crippen molar-refractivity contribution < 1.29 is 9.53 Å². The first-order chi connectivity index (χ1) is 7.81. The van der Waals surface area contributed by atoms with Gasteiger partial charge in [0.15, 0.2) is 0 Å². The number of likely N-dealkylation sites (N-methyl/N-ethyl adjacent to an activating group) is 1. The Balaban J connectivity index is 2.45. The molecule has 0 spiro atoms. The molecule has 1 rings (SSSR count). The summed E-state index contributed by atoms with van der Waals surface area (Å²) in [5.41, 5.74) is -0.253. The molecule has 0 heterocycles. The van der Waals surface area contributed by atoms with E-state index in [4.69, 9.17) is 4.74 Å². The number of rotatable bonds is 3. The lowest BCUT2D eigenvalue weighted by atomic mass is 9.94. The summed E-state index contributed by atoms with van der Waals surface area (Å²) < 4.78 is 5.53. The number of hydrogen-bond donors (Lipinski definition) is 0. The third-order valence-corrected chi connectivity index (χ3v) is 4.23. The predicted octanol–water partition coefficient (Wildman–Crippen LogP) is 2.97. The van der Waals surface area contributed by atoms with Gasteiger partial charge >= 0.3 is 0 Å². The maximum atomic E-state index is 12.0. The third kappa shape index (κ3) is 4.96. The van der Waals surface area contributed by atoms with E-state index in [0.29, 0.717) is 10.9 Å². The van der Waals surface area contributed by atoms with Crippen LogP contribution in [0.4, 0.5) is 0 Å². The lowest BCUT2D eigenvalue weighted by Crippen LogP contribution is -2.46. The van der Waals surface area contributed by atoms with Crippen molar-refractivity contribution >= 4 is 21.8 Å². The Morgan fingerprint density at radius 1 is 1.35 bits per heavy atom. The van der Waals surface area contributed by atoms with Crippen LogP contribution < -0.4 is 0 Å². The predicted molar refractivity (Wildman–Crippen MR) is 73.4 cm³/mol. The zero-order valence-corrected chi connectivity index (χ0v) is 12.9. The van der Waals surface area contributed by atoms with Crippen LogP contribution in [0.2, 0.25) is 0 Å². The Morgan fingerprint density at radius 2 is 1.94 bits per heavy atom. The molecule has 0 bridgehead atoms. The van der Waals surface area contributed by atoms with Gasteiger partial charge in [0.05, 0.1) is 5.60 Å². The average Bonchev–Trinajstić information content (AvgIpc) is 2.24. The average molecular weight is 306 g/mol. The Kier molecular flexibility index (Phi) is 5.45. The second-order valence-electron chi connectivity index (χ2n) is 5.77. The summed E-state index contributed by atoms with van der Waals surface area (Å²) in [5.74, 6) is 0.0799. The van der Waals surface area contributed by atoms with E-state index >= 15 is 0 Å². The number of halogens is 1. The number of carbonyl (C=O) groups is 1. The van der Waals surface area contributed by atoms with Crippen LogP contribution in [0, 0.1) is 0 Å². The van der Waals surface area contributed by atoms with E-state index in [1.54, 1.807) is 0 Å². The molecule has 100 valence electrons. The van der Waals surface area contributed by atoms with Crippen molar-refractivity contribution in [1.29, 1.82) is 0 Å². The van der Waals surface area contributed by atoms with E-state index < -0.39 is 0 Å². The Bertz CT molecular complexity index is 263. The number of hydrogen-bond acceptors (Lipinski definition) is 2. The van der Waals surface area contributed by atoms with Crippen molar-refractivity contribution in [3.63, 3.8) is 0 Å². The lowest BCUT2D eigenvalue weighted by Gasteiger charge is -2.35. The van der Waals surface area contributed by atoms with Crippen molar-refractivity contribution in [2.75, 3.05) is 13.7 Å². The molecule has 2 unspecified atom stereocenters. The minimum absolute atomic E-state index is 0.0799. The van der Waals surface area contributed by atoms with Crippen molar-refractivity contribution in [2.24, 2.45) is 0 Å². The van der Waals surface area contributed by atoms with Gasteiger partial charge in [-0.25, -0.2) is 0 Å². The van der Waals surface area contributed by atoms with Crippen molar-refractivity contribution in [3.05, 3.63) is 0 Å². The molecule has 1 fully saturated rings. The molecule has 17 heavy (non-hydrogen) atoms. The summed E-state index contributed by atoms with van der Waals surface area (Å²) in [6.07, 6.45) is 4.72. The van der Waals surface area contributed by atoms with Crippen LogP contribution in [0.25, 0.3) is 0 Å². The van der Waals surface area contributed by atoms with Gasteiger partial charge in [-0.15, -0.1) is 0 Å². The molecule has 0 N–H and O–H groups in total. The number of carbonyl (C=O) groups excluding carboxylic acids is 1. The molecule has 2 atom stereocenters. The van der Waals surface area contributed by atoms with Gasteiger partial charge in [0.2, 0.25) is 5.91 Å². The molecule has 3 nitrogen and oxygen atoms in total. The number of amides is 1. The molecule has 4 heteroatoms. The lowest BCUT2D eigenvalue weighted by molar-refractivity contribution is -0.142. The monoisotopic (exact) mass is 305 g/mol. The Hall–Kier alpha value is -0.0900. The summed E-state index contributed by atoms with van der Waals surface area (Å²) in [6.45, 7) is 6.08. The molecule has 1 aliphatic rings. The van der Waals surface area contributed by atoms with E-state index in [1.807, 2.05) is 32.7 Å². The summed E-state index contributed by atoms with van der Waals surface area (Å²) in [4.78, 5) is 14.3.